The third kappa shape index (κ3) is 3.60. The van der Waals surface area contributed by atoms with Crippen molar-refractivity contribution in [2.24, 2.45) is 5.92 Å². The van der Waals surface area contributed by atoms with E-state index in [1.165, 1.54) is 12.1 Å². The summed E-state index contributed by atoms with van der Waals surface area (Å²) in [6.45, 7) is 0.512. The lowest BCUT2D eigenvalue weighted by Crippen LogP contribution is -2.40. The predicted octanol–water partition coefficient (Wildman–Crippen LogP) is 3.50. The lowest BCUT2D eigenvalue weighted by atomic mass is 10.0. The average Bonchev–Trinajstić information content (AvgIpc) is 2.46. The molecule has 1 atom stereocenters. The van der Waals surface area contributed by atoms with E-state index in [9.17, 15) is 21.6 Å². The SMILES string of the molecule is O=S(=O)(c1ccccc1C(F)(F)F)N1CCCC(CBr)C1. The van der Waals surface area contributed by atoms with Crippen molar-refractivity contribution in [2.75, 3.05) is 18.4 Å². The van der Waals surface area contributed by atoms with Gasteiger partial charge in [-0.05, 0) is 30.9 Å². The summed E-state index contributed by atoms with van der Waals surface area (Å²) in [6, 6.07) is 4.34. The van der Waals surface area contributed by atoms with Crippen LogP contribution in [0.4, 0.5) is 13.2 Å². The molecule has 1 heterocycles. The van der Waals surface area contributed by atoms with Crippen LogP contribution in [0.3, 0.4) is 0 Å². The van der Waals surface area contributed by atoms with E-state index in [-0.39, 0.29) is 19.0 Å². The first-order valence-corrected chi connectivity index (χ1v) is 9.05. The molecule has 1 fully saturated rings. The Bertz CT molecular complexity index is 604. The highest BCUT2D eigenvalue weighted by atomic mass is 79.9. The Labute approximate surface area is 130 Å². The summed E-state index contributed by atoms with van der Waals surface area (Å²) in [5.41, 5.74) is -1.11. The summed E-state index contributed by atoms with van der Waals surface area (Å²) in [5, 5.41) is 0.639. The van der Waals surface area contributed by atoms with Crippen molar-refractivity contribution in [1.82, 2.24) is 4.31 Å². The predicted molar refractivity (Wildman–Crippen MR) is 76.7 cm³/mol. The standard InChI is InChI=1S/C13H15BrF3NO2S/c14-8-10-4-3-7-18(9-10)21(19,20)12-6-2-1-5-11(12)13(15,16)17/h1-2,5-6,10H,3-4,7-9H2. The number of alkyl halides is 4. The van der Waals surface area contributed by atoms with Crippen molar-refractivity contribution in [3.63, 3.8) is 0 Å². The fourth-order valence-electron chi connectivity index (χ4n) is 2.44. The molecule has 8 heteroatoms. The molecule has 0 N–H and O–H groups in total. The first kappa shape index (κ1) is 16.8. The Kier molecular flexibility index (Phi) is 4.99. The van der Waals surface area contributed by atoms with E-state index in [2.05, 4.69) is 15.9 Å². The van der Waals surface area contributed by atoms with Crippen molar-refractivity contribution in [3.05, 3.63) is 29.8 Å². The van der Waals surface area contributed by atoms with Gasteiger partial charge in [0.05, 0.1) is 10.5 Å². The van der Waals surface area contributed by atoms with E-state index in [1.54, 1.807) is 0 Å². The van der Waals surface area contributed by atoms with Crippen molar-refractivity contribution in [3.8, 4) is 0 Å². The molecule has 0 aromatic heterocycles. The Hall–Kier alpha value is -0.600. The zero-order chi connectivity index (χ0) is 15.7. The van der Waals surface area contributed by atoms with E-state index in [1.807, 2.05) is 0 Å². The number of sulfonamides is 1. The van der Waals surface area contributed by atoms with E-state index in [4.69, 9.17) is 0 Å². The molecule has 3 nitrogen and oxygen atoms in total. The van der Waals surface area contributed by atoms with Crippen LogP contribution < -0.4 is 0 Å². The van der Waals surface area contributed by atoms with E-state index >= 15 is 0 Å². The van der Waals surface area contributed by atoms with Gasteiger partial charge in [0.25, 0.3) is 0 Å². The van der Waals surface area contributed by atoms with Gasteiger partial charge in [-0.15, -0.1) is 0 Å². The molecule has 1 aromatic rings. The highest BCUT2D eigenvalue weighted by molar-refractivity contribution is 9.09. The van der Waals surface area contributed by atoms with Crippen LogP contribution in [0.15, 0.2) is 29.2 Å². The van der Waals surface area contributed by atoms with Gasteiger partial charge in [0.1, 0.15) is 0 Å². The quantitative estimate of drug-likeness (QED) is 0.746. The zero-order valence-corrected chi connectivity index (χ0v) is 13.5. The number of hydrogen-bond donors (Lipinski definition) is 0. The molecule has 1 saturated heterocycles. The van der Waals surface area contributed by atoms with E-state index in [0.717, 1.165) is 22.9 Å². The molecule has 1 aliphatic rings. The molecule has 1 aromatic carbocycles. The maximum atomic E-state index is 13.0. The second-order valence-electron chi connectivity index (χ2n) is 5.02. The van der Waals surface area contributed by atoms with Gasteiger partial charge in [0.2, 0.25) is 10.0 Å². The summed E-state index contributed by atoms with van der Waals surface area (Å²) >= 11 is 3.31. The normalized spacial score (nSPS) is 21.4. The van der Waals surface area contributed by atoms with Crippen molar-refractivity contribution >= 4 is 26.0 Å². The summed E-state index contributed by atoms with van der Waals surface area (Å²) in [6.07, 6.45) is -3.16. The fourth-order valence-corrected chi connectivity index (χ4v) is 4.73. The van der Waals surface area contributed by atoms with Gasteiger partial charge in [0.15, 0.2) is 0 Å². The van der Waals surface area contributed by atoms with Crippen LogP contribution in [0.5, 0.6) is 0 Å². The second-order valence-corrected chi connectivity index (χ2v) is 7.57. The van der Waals surface area contributed by atoms with Gasteiger partial charge < -0.3 is 0 Å². The Morgan fingerprint density at radius 1 is 1.29 bits per heavy atom. The third-order valence-electron chi connectivity index (χ3n) is 3.51. The Balaban J connectivity index is 2.41. The molecule has 1 unspecified atom stereocenters. The van der Waals surface area contributed by atoms with Gasteiger partial charge in [-0.3, -0.25) is 0 Å². The Morgan fingerprint density at radius 2 is 1.95 bits per heavy atom. The minimum absolute atomic E-state index is 0.131. The highest BCUT2D eigenvalue weighted by Gasteiger charge is 2.39. The summed E-state index contributed by atoms with van der Waals surface area (Å²) in [5.74, 6) is 0.131. The molecular weight excluding hydrogens is 371 g/mol. The number of halogens is 4. The van der Waals surface area contributed by atoms with Crippen LogP contribution in [0.2, 0.25) is 0 Å². The molecule has 1 aliphatic heterocycles. The molecule has 0 amide bonds. The first-order valence-electron chi connectivity index (χ1n) is 6.49. The van der Waals surface area contributed by atoms with E-state index in [0.29, 0.717) is 11.8 Å². The lowest BCUT2D eigenvalue weighted by Gasteiger charge is -2.31. The van der Waals surface area contributed by atoms with Gasteiger partial charge in [-0.2, -0.15) is 17.5 Å². The summed E-state index contributed by atoms with van der Waals surface area (Å²) in [7, 11) is -4.13. The lowest BCUT2D eigenvalue weighted by molar-refractivity contribution is -0.139. The average molecular weight is 386 g/mol. The number of benzene rings is 1. The van der Waals surface area contributed by atoms with E-state index < -0.39 is 26.7 Å². The number of piperidine rings is 1. The number of rotatable bonds is 3. The minimum atomic E-state index is -4.69. The van der Waals surface area contributed by atoms with Crippen molar-refractivity contribution in [2.45, 2.75) is 23.9 Å². The molecular formula is C13H15BrF3NO2S. The first-order chi connectivity index (χ1) is 9.76. The minimum Gasteiger partial charge on any atom is -0.207 e. The highest BCUT2D eigenvalue weighted by Crippen LogP contribution is 2.36. The van der Waals surface area contributed by atoms with Crippen LogP contribution >= 0.6 is 15.9 Å². The molecule has 0 radical (unpaired) electrons. The summed E-state index contributed by atoms with van der Waals surface area (Å²) < 4.78 is 65.2. The number of nitrogens with zero attached hydrogens (tertiary/aromatic N) is 1. The van der Waals surface area contributed by atoms with Gasteiger partial charge >= 0.3 is 6.18 Å². The molecule has 118 valence electrons. The Morgan fingerprint density at radius 3 is 2.57 bits per heavy atom. The van der Waals surface area contributed by atoms with Crippen LogP contribution in [0, 0.1) is 5.92 Å². The van der Waals surface area contributed by atoms with Crippen LogP contribution in [0.25, 0.3) is 0 Å². The molecule has 2 rings (SSSR count). The van der Waals surface area contributed by atoms with Crippen LogP contribution in [-0.2, 0) is 16.2 Å². The molecule has 21 heavy (non-hydrogen) atoms. The molecule has 0 bridgehead atoms. The third-order valence-corrected chi connectivity index (χ3v) is 6.35. The largest absolute Gasteiger partial charge is 0.417 e. The number of hydrogen-bond acceptors (Lipinski definition) is 2. The molecule has 0 saturated carbocycles. The van der Waals surface area contributed by atoms with Gasteiger partial charge in [0, 0.05) is 18.4 Å². The molecule has 0 aliphatic carbocycles. The molecule has 0 spiro atoms. The maximum absolute atomic E-state index is 13.0. The van der Waals surface area contributed by atoms with Crippen molar-refractivity contribution < 1.29 is 21.6 Å². The maximum Gasteiger partial charge on any atom is 0.417 e. The van der Waals surface area contributed by atoms with Crippen LogP contribution in [-0.4, -0.2) is 31.1 Å². The van der Waals surface area contributed by atoms with Gasteiger partial charge in [-0.25, -0.2) is 8.42 Å². The van der Waals surface area contributed by atoms with Crippen molar-refractivity contribution in [1.29, 1.82) is 0 Å². The van der Waals surface area contributed by atoms with Crippen LogP contribution in [0.1, 0.15) is 18.4 Å². The van der Waals surface area contributed by atoms with Gasteiger partial charge in [-0.1, -0.05) is 28.1 Å². The fraction of sp³-hybridized carbons (Fsp3) is 0.538. The monoisotopic (exact) mass is 385 g/mol. The second kappa shape index (κ2) is 6.26. The topological polar surface area (TPSA) is 37.4 Å². The summed E-state index contributed by atoms with van der Waals surface area (Å²) in [4.78, 5) is -0.660. The zero-order valence-electron chi connectivity index (χ0n) is 11.1. The smallest absolute Gasteiger partial charge is 0.207 e.